The Balaban J connectivity index is 0.895. The number of hydrogen-bond donors (Lipinski definition) is 10. The van der Waals surface area contributed by atoms with Crippen LogP contribution < -0.4 is 17.2 Å². The third-order valence-corrected chi connectivity index (χ3v) is 17.0. The topological polar surface area (TPSA) is 495 Å². The minimum absolute atomic E-state index is 0.0306. The van der Waals surface area contributed by atoms with Crippen molar-refractivity contribution in [3.05, 3.63) is 38.0 Å². The van der Waals surface area contributed by atoms with Gasteiger partial charge in [0.2, 0.25) is 0 Å². The number of anilines is 3. The molecule has 6 aromatic rings. The highest BCUT2D eigenvalue weighted by Crippen LogP contribution is 2.57. The van der Waals surface area contributed by atoms with Gasteiger partial charge in [0, 0.05) is 13.7 Å². The number of aliphatic hydroxyl groups excluding tert-OH is 2. The molecule has 426 valence electrons. The summed E-state index contributed by atoms with van der Waals surface area (Å²) in [7, 11) is -8.96. The van der Waals surface area contributed by atoms with Crippen molar-refractivity contribution in [3.63, 3.8) is 0 Å². The molecule has 36 nitrogen and oxygen atoms in total. The lowest BCUT2D eigenvalue weighted by Crippen LogP contribution is -2.51. The molecule has 0 amide bonds. The summed E-state index contributed by atoms with van der Waals surface area (Å²) in [5.41, 5.74) is 17.3. The van der Waals surface area contributed by atoms with Crippen molar-refractivity contribution < 1.29 is 99.2 Å². The Morgan fingerprint density at radius 1 is 0.667 bits per heavy atom. The van der Waals surface area contributed by atoms with Crippen molar-refractivity contribution in [3.8, 4) is 0 Å². The van der Waals surface area contributed by atoms with E-state index >= 15 is 0 Å². The van der Waals surface area contributed by atoms with Gasteiger partial charge < -0.3 is 80.1 Å². The van der Waals surface area contributed by atoms with Crippen molar-refractivity contribution in [2.75, 3.05) is 64.0 Å². The van der Waals surface area contributed by atoms with Crippen LogP contribution in [0.25, 0.3) is 33.5 Å². The summed E-state index contributed by atoms with van der Waals surface area (Å²) in [6.07, 6.45) is -8.65. The lowest BCUT2D eigenvalue weighted by Gasteiger charge is -2.39. The summed E-state index contributed by atoms with van der Waals surface area (Å²) in [6.45, 7) is -12.3. The highest BCUT2D eigenvalue weighted by Gasteiger charge is 2.61. The number of phosphoric acid groups is 2. The molecule has 0 spiro atoms. The van der Waals surface area contributed by atoms with Crippen LogP contribution in [0, 0.1) is 0 Å². The van der Waals surface area contributed by atoms with E-state index in [0.29, 0.717) is 6.42 Å². The number of imidazole rings is 3. The number of fused-ring (bicyclic) bond motifs is 4. The summed E-state index contributed by atoms with van der Waals surface area (Å²) in [5, 5.41) is 21.1. The van der Waals surface area contributed by atoms with Crippen LogP contribution in [0.4, 0.5) is 17.5 Å². The zero-order valence-corrected chi connectivity index (χ0v) is 45.2. The lowest BCUT2D eigenvalue weighted by molar-refractivity contribution is -0.164. The molecule has 4 aliphatic rings. The molecule has 10 heterocycles. The smallest absolute Gasteiger partial charge is 0.394 e. The van der Waals surface area contributed by atoms with Crippen LogP contribution >= 0.6 is 29.1 Å². The van der Waals surface area contributed by atoms with Gasteiger partial charge in [0.05, 0.1) is 52.0 Å². The van der Waals surface area contributed by atoms with Crippen molar-refractivity contribution in [2.45, 2.75) is 86.0 Å². The molecule has 6 unspecified atom stereocenters. The summed E-state index contributed by atoms with van der Waals surface area (Å²) >= 11 is 10.4. The molecular weight excluding hydrogens is 1170 g/mol. The maximum absolute atomic E-state index is 14.1. The number of hydrogen-bond acceptors (Lipinski definition) is 30. The van der Waals surface area contributed by atoms with Gasteiger partial charge in [-0.05, 0) is 36.5 Å². The number of phosphoric ester groups is 2. The predicted octanol–water partition coefficient (Wildman–Crippen LogP) is -1.29. The standard InChI is InChI=1S/C36H49N15O21P4S2/c1-61-22-17(8-64-73(54,55)63-6-4-52)68-34(50-14-47-19-28(38)41-11-44-31(19)50)24(22)70-74(56,57)65-7-16-21(53)23(33(67-16)49-13-46-18-27(37)40-10-43-30(18)49)72-76(60,78)66-9-36-3-2-5-62-26(36)25(71-75(58,59)77)35(69-36)51-15-48-20-29(39)42-12-45-32(20)51/h10-17,21-26,33-35,52-53H,2-9H2,1H3,(H,54,55)(H,56,57)(H,60,78)(H2,37,40,43)(H2,38,41,44)(H2,39,42,45)(H2,58,59,77)/t16-,17-,21?,22?,23+,24+,25+,26?,33-,34-,35-,36-,76?/m1/s1. The number of aliphatic hydroxyl groups is 2. The van der Waals surface area contributed by atoms with E-state index in [1.54, 1.807) is 0 Å². The van der Waals surface area contributed by atoms with Gasteiger partial charge in [-0.1, -0.05) is 0 Å². The third kappa shape index (κ3) is 11.6. The second-order valence-corrected chi connectivity index (χ2v) is 25.8. The first-order chi connectivity index (χ1) is 37.0. The summed E-state index contributed by atoms with van der Waals surface area (Å²) in [4.78, 5) is 91.6. The first-order valence-electron chi connectivity index (χ1n) is 22.9. The molecule has 10 rings (SSSR count). The van der Waals surface area contributed by atoms with Crippen LogP contribution in [0.3, 0.4) is 0 Å². The van der Waals surface area contributed by atoms with Crippen LogP contribution in [-0.2, 0) is 88.1 Å². The quantitative estimate of drug-likeness (QED) is 0.0354. The van der Waals surface area contributed by atoms with Gasteiger partial charge in [-0.2, -0.15) is 0 Å². The van der Waals surface area contributed by atoms with Crippen LogP contribution in [0.15, 0.2) is 38.0 Å². The van der Waals surface area contributed by atoms with Gasteiger partial charge in [-0.3, -0.25) is 40.8 Å². The molecular formula is C36H49N15O21P4S2. The van der Waals surface area contributed by atoms with Crippen LogP contribution in [0.1, 0.15) is 31.5 Å². The first kappa shape index (κ1) is 57.3. The van der Waals surface area contributed by atoms with Crippen LogP contribution in [0.5, 0.6) is 0 Å². The number of ether oxygens (including phenoxy) is 5. The van der Waals surface area contributed by atoms with Crippen molar-refractivity contribution in [2.24, 2.45) is 0 Å². The molecule has 0 bridgehead atoms. The number of nitrogens with two attached hydrogens (primary N) is 3. The second-order valence-electron chi connectivity index (χ2n) is 17.6. The fourth-order valence-electron chi connectivity index (χ4n) is 9.44. The van der Waals surface area contributed by atoms with E-state index in [9.17, 15) is 38.7 Å². The summed E-state index contributed by atoms with van der Waals surface area (Å²) in [6, 6.07) is 0. The van der Waals surface area contributed by atoms with E-state index in [0.717, 1.165) is 12.7 Å². The number of nitrogens with zero attached hydrogens (tertiary/aromatic N) is 12. The zero-order valence-electron chi connectivity index (χ0n) is 40.0. The molecule has 4 saturated heterocycles. The minimum Gasteiger partial charge on any atom is -0.394 e. The molecule has 0 aliphatic carbocycles. The monoisotopic (exact) mass is 1220 g/mol. The van der Waals surface area contributed by atoms with Crippen molar-refractivity contribution >= 4 is 104 Å². The normalized spacial score (nSPS) is 30.9. The van der Waals surface area contributed by atoms with Gasteiger partial charge in [-0.25, -0.2) is 54.0 Å². The largest absolute Gasteiger partial charge is 0.472 e. The van der Waals surface area contributed by atoms with Crippen LogP contribution in [0.2, 0.25) is 0 Å². The Morgan fingerprint density at radius 2 is 1.19 bits per heavy atom. The maximum Gasteiger partial charge on any atom is 0.472 e. The minimum atomic E-state index is -5.37. The van der Waals surface area contributed by atoms with Crippen LogP contribution in [-0.4, -0.2) is 194 Å². The second kappa shape index (κ2) is 22.4. The molecule has 4 fully saturated rings. The van der Waals surface area contributed by atoms with E-state index in [2.05, 4.69) is 44.9 Å². The highest BCUT2D eigenvalue weighted by molar-refractivity contribution is 8.07. The number of methoxy groups -OCH3 is 1. The predicted molar refractivity (Wildman–Crippen MR) is 266 cm³/mol. The van der Waals surface area contributed by atoms with E-state index in [-0.39, 0.29) is 64.0 Å². The number of rotatable bonds is 22. The van der Waals surface area contributed by atoms with Gasteiger partial charge in [-0.15, -0.1) is 0 Å². The Morgan fingerprint density at radius 3 is 1.74 bits per heavy atom. The lowest BCUT2D eigenvalue weighted by atomic mass is 9.89. The first-order valence-corrected chi connectivity index (χ1v) is 31.1. The molecule has 0 radical (unpaired) electrons. The molecule has 15 atom stereocenters. The fraction of sp³-hybridized carbons (Fsp3) is 0.583. The summed E-state index contributed by atoms with van der Waals surface area (Å²) < 4.78 is 100. The maximum atomic E-state index is 14.1. The molecule has 13 N–H and O–H groups in total. The van der Waals surface area contributed by atoms with Gasteiger partial charge in [0.25, 0.3) is 0 Å². The Hall–Kier alpha value is -3.95. The zero-order chi connectivity index (χ0) is 55.5. The van der Waals surface area contributed by atoms with Crippen molar-refractivity contribution in [1.82, 2.24) is 58.6 Å². The Labute approximate surface area is 447 Å². The van der Waals surface area contributed by atoms with Crippen molar-refractivity contribution in [1.29, 1.82) is 0 Å². The number of nitrogen functional groups attached to an aromatic ring is 3. The van der Waals surface area contributed by atoms with Gasteiger partial charge >= 0.3 is 29.1 Å². The van der Waals surface area contributed by atoms with E-state index in [1.807, 2.05) is 0 Å². The number of aromatic nitrogens is 12. The Bertz CT molecular complexity index is 3370. The van der Waals surface area contributed by atoms with E-state index in [4.69, 9.17) is 101 Å². The van der Waals surface area contributed by atoms with E-state index in [1.165, 1.54) is 46.1 Å². The summed E-state index contributed by atoms with van der Waals surface area (Å²) in [5.74, 6) is -0.0350. The highest BCUT2D eigenvalue weighted by atomic mass is 32.5. The molecule has 42 heteroatoms. The van der Waals surface area contributed by atoms with E-state index < -0.39 is 135 Å². The fourth-order valence-corrected chi connectivity index (χ4v) is 13.4. The molecule has 4 aliphatic heterocycles. The van der Waals surface area contributed by atoms with Gasteiger partial charge in [0.15, 0.2) is 53.1 Å². The average molecular weight is 1220 g/mol. The Kier molecular flexibility index (Phi) is 16.5. The SMILES string of the molecule is COC1[C@@H](COP(=O)(O)OCCO)O[C@@H](n2cnc3c(N)ncnc32)[C@H]1OP(=O)(O)OC[C@H]1O[C@@H](n2cnc3c(N)ncnc32)[C@@H](OP(O)(=S)OC[C@]23CCCOC2[C@H](OP(O)(O)=S)[C@H](n2cnc4c(N)ncnc42)O3)C1O. The third-order valence-electron chi connectivity index (χ3n) is 12.7. The molecule has 0 saturated carbocycles. The average Bonchev–Trinajstić information content (AvgIpc) is 4.36. The van der Waals surface area contributed by atoms with Gasteiger partial charge in [0.1, 0.15) is 90.0 Å². The molecule has 0 aromatic carbocycles. The molecule has 6 aromatic heterocycles. The molecule has 78 heavy (non-hydrogen) atoms.